The number of allylic oxidation sites excluding steroid dienone is 1. The Kier molecular flexibility index (Phi) is 7.48. The van der Waals surface area contributed by atoms with Gasteiger partial charge in [-0.2, -0.15) is 4.31 Å². The summed E-state index contributed by atoms with van der Waals surface area (Å²) >= 11 is 0. The predicted molar refractivity (Wildman–Crippen MR) is 100 cm³/mol. The van der Waals surface area contributed by atoms with Gasteiger partial charge in [0.25, 0.3) is 0 Å². The topological polar surface area (TPSA) is 40.6 Å². The number of benzene rings is 1. The van der Waals surface area contributed by atoms with Gasteiger partial charge in [0.2, 0.25) is 10.0 Å². The highest BCUT2D eigenvalue weighted by Crippen LogP contribution is 2.18. The molecule has 1 saturated heterocycles. The fraction of sp³-hybridized carbons (Fsp3) is 0.474. The molecular weight excluding hydrogens is 339 g/mol. The van der Waals surface area contributed by atoms with E-state index in [1.165, 1.54) is 27.9 Å². The summed E-state index contributed by atoms with van der Waals surface area (Å²) in [6.45, 7) is 4.13. The van der Waals surface area contributed by atoms with E-state index in [1.54, 1.807) is 12.1 Å². The summed E-state index contributed by atoms with van der Waals surface area (Å²) < 4.78 is 39.1. The summed E-state index contributed by atoms with van der Waals surface area (Å²) in [7, 11) is -3.43. The van der Waals surface area contributed by atoms with Crippen LogP contribution in [-0.4, -0.2) is 38.9 Å². The number of piperazine rings is 1. The van der Waals surface area contributed by atoms with Crippen LogP contribution in [0.25, 0.3) is 0 Å². The van der Waals surface area contributed by atoms with Gasteiger partial charge in [-0.3, -0.25) is 0 Å². The molecule has 0 amide bonds. The van der Waals surface area contributed by atoms with E-state index in [-0.39, 0.29) is 5.82 Å². The Morgan fingerprint density at radius 1 is 1.12 bits per heavy atom. The van der Waals surface area contributed by atoms with Gasteiger partial charge in [0, 0.05) is 44.4 Å². The molecule has 0 aromatic heterocycles. The molecule has 2 rings (SSSR count). The quantitative estimate of drug-likeness (QED) is 0.574. The molecule has 0 atom stereocenters. The second-order valence-corrected chi connectivity index (χ2v) is 7.81. The van der Waals surface area contributed by atoms with Crippen molar-refractivity contribution >= 4 is 15.7 Å². The van der Waals surface area contributed by atoms with Crippen molar-refractivity contribution in [3.8, 4) is 11.8 Å². The van der Waals surface area contributed by atoms with Gasteiger partial charge >= 0.3 is 0 Å². The van der Waals surface area contributed by atoms with Crippen LogP contribution >= 0.6 is 0 Å². The van der Waals surface area contributed by atoms with Gasteiger partial charge in [0.1, 0.15) is 5.82 Å². The van der Waals surface area contributed by atoms with Gasteiger partial charge in [-0.05, 0) is 30.7 Å². The molecule has 1 aliphatic heterocycles. The average molecular weight is 364 g/mol. The minimum atomic E-state index is -3.43. The molecular formula is C19H25FN2O2S. The lowest BCUT2D eigenvalue weighted by Crippen LogP contribution is -2.48. The van der Waals surface area contributed by atoms with E-state index in [9.17, 15) is 12.8 Å². The number of hydrogen-bond acceptors (Lipinski definition) is 3. The minimum absolute atomic E-state index is 0.272. The molecule has 0 N–H and O–H groups in total. The highest BCUT2D eigenvalue weighted by Gasteiger charge is 2.24. The monoisotopic (exact) mass is 364 g/mol. The molecule has 0 aliphatic carbocycles. The van der Waals surface area contributed by atoms with Crippen LogP contribution in [0.2, 0.25) is 0 Å². The Bertz CT molecular complexity index is 725. The maximum Gasteiger partial charge on any atom is 0.236 e. The first-order chi connectivity index (χ1) is 12.0. The summed E-state index contributed by atoms with van der Waals surface area (Å²) in [6, 6.07) is 6.27. The Hall–Kier alpha value is -1.84. The number of rotatable bonds is 6. The highest BCUT2D eigenvalue weighted by atomic mass is 32.2. The van der Waals surface area contributed by atoms with Crippen LogP contribution in [0, 0.1) is 17.7 Å². The van der Waals surface area contributed by atoms with Gasteiger partial charge in [-0.1, -0.05) is 31.6 Å². The summed E-state index contributed by atoms with van der Waals surface area (Å²) in [4.78, 5) is 2.06. The van der Waals surface area contributed by atoms with Gasteiger partial charge in [-0.15, -0.1) is 0 Å². The van der Waals surface area contributed by atoms with Crippen LogP contribution in [0.15, 0.2) is 35.7 Å². The Morgan fingerprint density at radius 2 is 1.80 bits per heavy atom. The minimum Gasteiger partial charge on any atom is -0.369 e. The van der Waals surface area contributed by atoms with Crippen LogP contribution < -0.4 is 4.90 Å². The Balaban J connectivity index is 1.85. The molecule has 1 aromatic rings. The summed E-state index contributed by atoms with van der Waals surface area (Å²) in [5, 5.41) is 1.19. The maximum atomic E-state index is 13.0. The third-order valence-electron chi connectivity index (χ3n) is 4.12. The largest absolute Gasteiger partial charge is 0.369 e. The first kappa shape index (κ1) is 19.5. The zero-order valence-electron chi connectivity index (χ0n) is 14.6. The van der Waals surface area contributed by atoms with E-state index < -0.39 is 10.0 Å². The highest BCUT2D eigenvalue weighted by molar-refractivity contribution is 7.92. The molecule has 4 nitrogen and oxygen atoms in total. The molecule has 25 heavy (non-hydrogen) atoms. The first-order valence-corrected chi connectivity index (χ1v) is 10.2. The Morgan fingerprint density at radius 3 is 2.44 bits per heavy atom. The molecule has 1 fully saturated rings. The molecule has 0 bridgehead atoms. The predicted octanol–water partition coefficient (Wildman–Crippen LogP) is 3.37. The van der Waals surface area contributed by atoms with Crippen molar-refractivity contribution in [3.63, 3.8) is 0 Å². The van der Waals surface area contributed by atoms with Crippen LogP contribution in [-0.2, 0) is 10.0 Å². The average Bonchev–Trinajstić information content (AvgIpc) is 2.62. The molecule has 1 aliphatic rings. The van der Waals surface area contributed by atoms with Crippen molar-refractivity contribution in [2.75, 3.05) is 31.1 Å². The smallest absolute Gasteiger partial charge is 0.236 e. The SMILES string of the molecule is CCCCCC#C/C=C\S(=O)(=O)N1CCN(c2ccc(F)cc2)CC1. The molecule has 0 unspecified atom stereocenters. The second-order valence-electron chi connectivity index (χ2n) is 5.99. The number of unbranched alkanes of at least 4 members (excludes halogenated alkanes) is 3. The fourth-order valence-electron chi connectivity index (χ4n) is 2.65. The molecule has 0 saturated carbocycles. The van der Waals surface area contributed by atoms with E-state index >= 15 is 0 Å². The zero-order valence-corrected chi connectivity index (χ0v) is 15.4. The van der Waals surface area contributed by atoms with Crippen molar-refractivity contribution < 1.29 is 12.8 Å². The third kappa shape index (κ3) is 6.18. The van der Waals surface area contributed by atoms with E-state index in [0.29, 0.717) is 26.2 Å². The normalized spacial score (nSPS) is 16.0. The van der Waals surface area contributed by atoms with Crippen LogP contribution in [0.5, 0.6) is 0 Å². The molecule has 0 radical (unpaired) electrons. The molecule has 136 valence electrons. The second kappa shape index (κ2) is 9.59. The van der Waals surface area contributed by atoms with E-state index in [4.69, 9.17) is 0 Å². The first-order valence-electron chi connectivity index (χ1n) is 8.68. The molecule has 6 heteroatoms. The molecule has 1 heterocycles. The van der Waals surface area contributed by atoms with Gasteiger partial charge < -0.3 is 4.90 Å². The molecule has 0 spiro atoms. The number of sulfonamides is 1. The maximum absolute atomic E-state index is 13.0. The lowest BCUT2D eigenvalue weighted by atomic mass is 10.2. The summed E-state index contributed by atoms with van der Waals surface area (Å²) in [5.74, 6) is 5.49. The number of nitrogens with zero attached hydrogens (tertiary/aromatic N) is 2. The van der Waals surface area contributed by atoms with E-state index in [2.05, 4.69) is 23.7 Å². The summed E-state index contributed by atoms with van der Waals surface area (Å²) in [5.41, 5.74) is 0.909. The number of anilines is 1. The van der Waals surface area contributed by atoms with Crippen molar-refractivity contribution in [2.24, 2.45) is 0 Å². The van der Waals surface area contributed by atoms with Crippen molar-refractivity contribution in [3.05, 3.63) is 41.6 Å². The fourth-order valence-corrected chi connectivity index (χ4v) is 3.74. The number of halogens is 1. The van der Waals surface area contributed by atoms with Gasteiger partial charge in [0.05, 0.1) is 5.41 Å². The van der Waals surface area contributed by atoms with Crippen molar-refractivity contribution in [2.45, 2.75) is 32.6 Å². The van der Waals surface area contributed by atoms with Gasteiger partial charge in [0.15, 0.2) is 0 Å². The third-order valence-corrected chi connectivity index (χ3v) is 5.69. The summed E-state index contributed by atoms with van der Waals surface area (Å²) in [6.07, 6.45) is 5.57. The Labute approximate surface area is 150 Å². The lowest BCUT2D eigenvalue weighted by molar-refractivity contribution is 0.390. The zero-order chi connectivity index (χ0) is 18.1. The van der Waals surface area contributed by atoms with Crippen LogP contribution in [0.1, 0.15) is 32.6 Å². The van der Waals surface area contributed by atoms with E-state index in [0.717, 1.165) is 31.4 Å². The van der Waals surface area contributed by atoms with Gasteiger partial charge in [-0.25, -0.2) is 12.8 Å². The number of hydrogen-bond donors (Lipinski definition) is 0. The lowest BCUT2D eigenvalue weighted by Gasteiger charge is -2.34. The van der Waals surface area contributed by atoms with Crippen LogP contribution in [0.3, 0.4) is 0 Å². The standard InChI is InChI=1S/C19H25FN2O2S/c1-2-3-4-5-6-7-8-17-25(23,24)22-15-13-21(14-16-22)19-11-9-18(20)10-12-19/h8-12,17H,2-5,13-16H2,1H3/b17-8-. The van der Waals surface area contributed by atoms with Crippen LogP contribution in [0.4, 0.5) is 10.1 Å². The van der Waals surface area contributed by atoms with Crippen molar-refractivity contribution in [1.29, 1.82) is 0 Å². The van der Waals surface area contributed by atoms with E-state index in [1.807, 2.05) is 0 Å². The molecule has 1 aromatic carbocycles. The van der Waals surface area contributed by atoms with Crippen molar-refractivity contribution in [1.82, 2.24) is 4.31 Å².